The van der Waals surface area contributed by atoms with Crippen LogP contribution in [0, 0.1) is 0 Å². The quantitative estimate of drug-likeness (QED) is 0.716. The first-order valence-electron chi connectivity index (χ1n) is 5.57. The van der Waals surface area contributed by atoms with Crippen LogP contribution in [0.15, 0.2) is 18.2 Å². The maximum Gasteiger partial charge on any atom is 0.122 e. The van der Waals surface area contributed by atoms with Crippen LogP contribution in [-0.4, -0.2) is 6.61 Å². The van der Waals surface area contributed by atoms with Crippen LogP contribution in [0.25, 0.3) is 0 Å². The van der Waals surface area contributed by atoms with E-state index in [-0.39, 0.29) is 0 Å². The molecule has 0 saturated carbocycles. The lowest BCUT2D eigenvalue weighted by molar-refractivity contribution is 0.335. The number of rotatable bonds is 3. The average Bonchev–Trinajstić information content (AvgIpc) is 2.24. The highest BCUT2D eigenvalue weighted by Crippen LogP contribution is 2.29. The van der Waals surface area contributed by atoms with Gasteiger partial charge < -0.3 is 4.74 Å². The summed E-state index contributed by atoms with van der Waals surface area (Å²) in [5.41, 5.74) is 1.18. The summed E-state index contributed by atoms with van der Waals surface area (Å²) in [6, 6.07) is 5.76. The van der Waals surface area contributed by atoms with Gasteiger partial charge in [-0.2, -0.15) is 0 Å². The minimum atomic E-state index is 0.445. The Labute approximate surface area is 98.4 Å². The number of hydrogen-bond donors (Lipinski definition) is 0. The molecule has 0 aliphatic rings. The van der Waals surface area contributed by atoms with E-state index < -0.39 is 0 Å². The van der Waals surface area contributed by atoms with E-state index in [1.807, 2.05) is 39.0 Å². The van der Waals surface area contributed by atoms with Crippen molar-refractivity contribution in [2.24, 2.45) is 0 Å². The standard InChI is InChI=1S/C11H15ClO.C2H6/c1-4-13-11-6-5-9(12)7-10(11)8(2)3;1-2/h5-8H,4H2,1-3H3;1-2H3. The Bertz CT molecular complexity index is 282. The summed E-state index contributed by atoms with van der Waals surface area (Å²) < 4.78 is 5.49. The molecule has 0 atom stereocenters. The average molecular weight is 229 g/mol. The van der Waals surface area contributed by atoms with Crippen molar-refractivity contribution in [2.45, 2.75) is 40.5 Å². The number of halogens is 1. The Morgan fingerprint density at radius 2 is 1.87 bits per heavy atom. The second-order valence-corrected chi connectivity index (χ2v) is 3.71. The predicted molar refractivity (Wildman–Crippen MR) is 68.1 cm³/mol. The summed E-state index contributed by atoms with van der Waals surface area (Å²) in [6.07, 6.45) is 0. The molecule has 0 heterocycles. The summed E-state index contributed by atoms with van der Waals surface area (Å²) in [5.74, 6) is 1.39. The summed E-state index contributed by atoms with van der Waals surface area (Å²) in [5, 5.41) is 0.771. The molecule has 0 radical (unpaired) electrons. The minimum absolute atomic E-state index is 0.445. The van der Waals surface area contributed by atoms with Crippen molar-refractivity contribution in [3.05, 3.63) is 28.8 Å². The van der Waals surface area contributed by atoms with E-state index in [2.05, 4.69) is 13.8 Å². The van der Waals surface area contributed by atoms with Gasteiger partial charge in [0.1, 0.15) is 5.75 Å². The van der Waals surface area contributed by atoms with E-state index in [4.69, 9.17) is 16.3 Å². The molecule has 0 aliphatic heterocycles. The van der Waals surface area contributed by atoms with E-state index >= 15 is 0 Å². The fourth-order valence-electron chi connectivity index (χ4n) is 1.26. The van der Waals surface area contributed by atoms with Crippen molar-refractivity contribution < 1.29 is 4.74 Å². The fraction of sp³-hybridized carbons (Fsp3) is 0.538. The number of hydrogen-bond acceptors (Lipinski definition) is 1. The van der Waals surface area contributed by atoms with Crippen molar-refractivity contribution in [1.29, 1.82) is 0 Å². The van der Waals surface area contributed by atoms with E-state index in [9.17, 15) is 0 Å². The number of benzene rings is 1. The van der Waals surface area contributed by atoms with Gasteiger partial charge in [-0.15, -0.1) is 0 Å². The molecule has 0 bridgehead atoms. The lowest BCUT2D eigenvalue weighted by Gasteiger charge is -2.12. The molecule has 86 valence electrons. The van der Waals surface area contributed by atoms with Gasteiger partial charge in [-0.25, -0.2) is 0 Å². The van der Waals surface area contributed by atoms with E-state index in [1.165, 1.54) is 5.56 Å². The molecular formula is C13H21ClO. The zero-order valence-corrected chi connectivity index (χ0v) is 11.1. The van der Waals surface area contributed by atoms with Gasteiger partial charge in [-0.05, 0) is 36.6 Å². The first kappa shape index (κ1) is 14.3. The summed E-state index contributed by atoms with van der Waals surface area (Å²) in [4.78, 5) is 0. The smallest absolute Gasteiger partial charge is 0.122 e. The molecule has 1 aromatic carbocycles. The first-order chi connectivity index (χ1) is 7.15. The van der Waals surface area contributed by atoms with Crippen LogP contribution in [0.3, 0.4) is 0 Å². The van der Waals surface area contributed by atoms with Crippen LogP contribution in [0.4, 0.5) is 0 Å². The largest absolute Gasteiger partial charge is 0.494 e. The molecule has 15 heavy (non-hydrogen) atoms. The Balaban J connectivity index is 0.000000921. The third kappa shape index (κ3) is 4.57. The van der Waals surface area contributed by atoms with Gasteiger partial charge in [-0.3, -0.25) is 0 Å². The van der Waals surface area contributed by atoms with Crippen LogP contribution in [0.1, 0.15) is 46.1 Å². The van der Waals surface area contributed by atoms with Gasteiger partial charge >= 0.3 is 0 Å². The monoisotopic (exact) mass is 228 g/mol. The van der Waals surface area contributed by atoms with E-state index in [0.717, 1.165) is 10.8 Å². The highest BCUT2D eigenvalue weighted by atomic mass is 35.5. The fourth-order valence-corrected chi connectivity index (χ4v) is 1.44. The van der Waals surface area contributed by atoms with Crippen LogP contribution >= 0.6 is 11.6 Å². The molecule has 0 aliphatic carbocycles. The third-order valence-electron chi connectivity index (χ3n) is 1.89. The lowest BCUT2D eigenvalue weighted by atomic mass is 10.0. The molecule has 0 aromatic heterocycles. The van der Waals surface area contributed by atoms with Crippen LogP contribution in [-0.2, 0) is 0 Å². The first-order valence-corrected chi connectivity index (χ1v) is 5.95. The molecular weight excluding hydrogens is 208 g/mol. The van der Waals surface area contributed by atoms with Crippen molar-refractivity contribution in [3.63, 3.8) is 0 Å². The Kier molecular flexibility index (Phi) is 7.23. The molecule has 0 spiro atoms. The molecule has 0 N–H and O–H groups in total. The molecule has 0 saturated heterocycles. The molecule has 0 fully saturated rings. The van der Waals surface area contributed by atoms with Gasteiger partial charge in [0, 0.05) is 5.02 Å². The third-order valence-corrected chi connectivity index (χ3v) is 2.13. The molecule has 0 unspecified atom stereocenters. The van der Waals surface area contributed by atoms with Crippen LogP contribution < -0.4 is 4.74 Å². The van der Waals surface area contributed by atoms with E-state index in [0.29, 0.717) is 12.5 Å². The Hall–Kier alpha value is -0.690. The van der Waals surface area contributed by atoms with Crippen molar-refractivity contribution in [3.8, 4) is 5.75 Å². The molecule has 1 aromatic rings. The molecule has 1 nitrogen and oxygen atoms in total. The number of ether oxygens (including phenoxy) is 1. The van der Waals surface area contributed by atoms with Gasteiger partial charge in [0.15, 0.2) is 0 Å². The van der Waals surface area contributed by atoms with Crippen molar-refractivity contribution >= 4 is 11.6 Å². The summed E-state index contributed by atoms with van der Waals surface area (Å²) in [6.45, 7) is 10.9. The SMILES string of the molecule is CC.CCOc1ccc(Cl)cc1C(C)C. The Morgan fingerprint density at radius 1 is 1.27 bits per heavy atom. The molecule has 0 amide bonds. The van der Waals surface area contributed by atoms with Crippen molar-refractivity contribution in [2.75, 3.05) is 6.61 Å². The topological polar surface area (TPSA) is 9.23 Å². The van der Waals surface area contributed by atoms with E-state index in [1.54, 1.807) is 0 Å². The van der Waals surface area contributed by atoms with Gasteiger partial charge in [0.25, 0.3) is 0 Å². The zero-order valence-electron chi connectivity index (χ0n) is 10.3. The second kappa shape index (κ2) is 7.58. The molecule has 1 rings (SSSR count). The normalized spacial score (nSPS) is 9.53. The highest BCUT2D eigenvalue weighted by molar-refractivity contribution is 6.30. The Morgan fingerprint density at radius 3 is 2.33 bits per heavy atom. The van der Waals surface area contributed by atoms with Gasteiger partial charge in [-0.1, -0.05) is 39.3 Å². The van der Waals surface area contributed by atoms with Crippen LogP contribution in [0.2, 0.25) is 5.02 Å². The highest BCUT2D eigenvalue weighted by Gasteiger charge is 2.07. The van der Waals surface area contributed by atoms with Gasteiger partial charge in [0.05, 0.1) is 6.61 Å². The van der Waals surface area contributed by atoms with Gasteiger partial charge in [0.2, 0.25) is 0 Å². The van der Waals surface area contributed by atoms with Crippen molar-refractivity contribution in [1.82, 2.24) is 0 Å². The lowest BCUT2D eigenvalue weighted by Crippen LogP contribution is -1.97. The predicted octanol–water partition coefficient (Wildman–Crippen LogP) is 4.89. The zero-order chi connectivity index (χ0) is 11.8. The second-order valence-electron chi connectivity index (χ2n) is 3.27. The maximum atomic E-state index is 5.91. The van der Waals surface area contributed by atoms with Crippen LogP contribution in [0.5, 0.6) is 5.75 Å². The minimum Gasteiger partial charge on any atom is -0.494 e. The summed E-state index contributed by atoms with van der Waals surface area (Å²) in [7, 11) is 0. The summed E-state index contributed by atoms with van der Waals surface area (Å²) >= 11 is 5.91. The maximum absolute atomic E-state index is 5.91. The molecule has 2 heteroatoms.